The van der Waals surface area contributed by atoms with Gasteiger partial charge in [0.15, 0.2) is 5.82 Å². The van der Waals surface area contributed by atoms with Gasteiger partial charge in [-0.1, -0.05) is 0 Å². The van der Waals surface area contributed by atoms with Crippen molar-refractivity contribution in [1.82, 2.24) is 29.4 Å². The summed E-state index contributed by atoms with van der Waals surface area (Å²) >= 11 is 5.32. The number of hydrogen-bond acceptors (Lipinski definition) is 7. The summed E-state index contributed by atoms with van der Waals surface area (Å²) in [5.74, 6) is 7.07. The number of anilines is 1. The molecule has 0 unspecified atom stereocenters. The zero-order valence-corrected chi connectivity index (χ0v) is 13.6. The molecular weight excluding hydrogens is 312 g/mol. The first kappa shape index (κ1) is 15.1. The molecule has 0 aromatic carbocycles. The van der Waals surface area contributed by atoms with Crippen molar-refractivity contribution >= 4 is 18.2 Å². The van der Waals surface area contributed by atoms with Gasteiger partial charge in [0.1, 0.15) is 6.67 Å². The molecule has 0 bridgehead atoms. The summed E-state index contributed by atoms with van der Waals surface area (Å²) in [6.07, 6.45) is 3.38. The van der Waals surface area contributed by atoms with Crippen LogP contribution in [-0.4, -0.2) is 29.4 Å². The van der Waals surface area contributed by atoms with E-state index < -0.39 is 0 Å². The maximum Gasteiger partial charge on any atom is 0.224 e. The molecule has 3 rings (SSSR count). The Hall–Kier alpha value is -2.81. The highest BCUT2D eigenvalue weighted by Crippen LogP contribution is 2.14. The fourth-order valence-electron chi connectivity index (χ4n) is 2.17. The number of nitrogen functional groups attached to an aromatic ring is 1. The van der Waals surface area contributed by atoms with Crippen LogP contribution in [0.2, 0.25) is 0 Å². The van der Waals surface area contributed by atoms with E-state index in [4.69, 9.17) is 18.1 Å². The zero-order chi connectivity index (χ0) is 16.4. The van der Waals surface area contributed by atoms with Gasteiger partial charge >= 0.3 is 0 Å². The molecule has 3 N–H and O–H groups in total. The third-order valence-electron chi connectivity index (χ3n) is 3.16. The number of rotatable bonds is 4. The van der Waals surface area contributed by atoms with Crippen LogP contribution < -0.4 is 11.2 Å². The van der Waals surface area contributed by atoms with E-state index in [1.165, 1.54) is 4.68 Å². The second-order valence-corrected chi connectivity index (χ2v) is 5.39. The predicted molar refractivity (Wildman–Crippen MR) is 89.6 cm³/mol. The highest BCUT2D eigenvalue weighted by Gasteiger charge is 2.11. The van der Waals surface area contributed by atoms with Crippen molar-refractivity contribution in [2.45, 2.75) is 20.5 Å². The molecule has 0 amide bonds. The smallest absolute Gasteiger partial charge is 0.224 e. The Labute approximate surface area is 138 Å². The first-order valence-electron chi connectivity index (χ1n) is 6.96. The van der Waals surface area contributed by atoms with Gasteiger partial charge in [-0.2, -0.15) is 0 Å². The molecule has 0 radical (unpaired) electrons. The van der Waals surface area contributed by atoms with Crippen LogP contribution in [0.25, 0.3) is 11.4 Å². The highest BCUT2D eigenvalue weighted by atomic mass is 32.1. The molecule has 23 heavy (non-hydrogen) atoms. The number of aromatic nitrogens is 6. The molecule has 3 aromatic rings. The Kier molecular flexibility index (Phi) is 4.02. The average molecular weight is 328 g/mol. The standard InChI is InChI=1S/C14H16N8S/c1-9-6-10(2)19-13(18-9)17-8-21-14(23)22(15)12(20-21)11-4-3-5-16-7-11/h3-7H,8,15H2,1-2H3,(H,17,18,19). The van der Waals surface area contributed by atoms with Crippen LogP contribution >= 0.6 is 12.2 Å². The third kappa shape index (κ3) is 3.19. The Morgan fingerprint density at radius 2 is 2.00 bits per heavy atom. The molecule has 0 saturated carbocycles. The van der Waals surface area contributed by atoms with E-state index in [9.17, 15) is 0 Å². The van der Waals surface area contributed by atoms with Gasteiger partial charge in [0.2, 0.25) is 10.7 Å². The molecule has 0 aliphatic rings. The third-order valence-corrected chi connectivity index (χ3v) is 3.57. The maximum absolute atomic E-state index is 5.99. The van der Waals surface area contributed by atoms with Crippen LogP contribution in [0.1, 0.15) is 11.4 Å². The maximum atomic E-state index is 5.99. The topological polar surface area (TPSA) is 99.5 Å². The Morgan fingerprint density at radius 1 is 1.26 bits per heavy atom. The second-order valence-electron chi connectivity index (χ2n) is 5.03. The molecule has 9 heteroatoms. The molecule has 3 aromatic heterocycles. The van der Waals surface area contributed by atoms with E-state index in [1.54, 1.807) is 17.1 Å². The van der Waals surface area contributed by atoms with Gasteiger partial charge in [0.25, 0.3) is 0 Å². The van der Waals surface area contributed by atoms with Gasteiger partial charge in [-0.3, -0.25) is 4.98 Å². The van der Waals surface area contributed by atoms with Gasteiger partial charge in [0.05, 0.1) is 0 Å². The second kappa shape index (κ2) is 6.13. The van der Waals surface area contributed by atoms with Crippen molar-refractivity contribution < 1.29 is 0 Å². The minimum absolute atomic E-state index is 0.319. The molecule has 0 fully saturated rings. The van der Waals surface area contributed by atoms with Crippen molar-refractivity contribution in [2.24, 2.45) is 0 Å². The number of pyridine rings is 1. The minimum Gasteiger partial charge on any atom is -0.335 e. The number of aryl methyl sites for hydroxylation is 2. The average Bonchev–Trinajstić information content (AvgIpc) is 2.81. The van der Waals surface area contributed by atoms with Crippen LogP contribution in [0.15, 0.2) is 30.6 Å². The molecule has 0 spiro atoms. The fraction of sp³-hybridized carbons (Fsp3) is 0.214. The van der Waals surface area contributed by atoms with Crippen LogP contribution in [0, 0.1) is 18.6 Å². The van der Waals surface area contributed by atoms with E-state index >= 15 is 0 Å². The quantitative estimate of drug-likeness (QED) is 0.555. The largest absolute Gasteiger partial charge is 0.335 e. The summed E-state index contributed by atoms with van der Waals surface area (Å²) in [5.41, 5.74) is 2.58. The SMILES string of the molecule is Cc1cc(C)nc(NCn2nc(-c3cccnc3)n(N)c2=S)n1. The number of hydrogen-bond donors (Lipinski definition) is 2. The summed E-state index contributed by atoms with van der Waals surface area (Å²) in [6, 6.07) is 5.60. The summed E-state index contributed by atoms with van der Waals surface area (Å²) in [4.78, 5) is 12.7. The molecule has 0 atom stereocenters. The van der Waals surface area contributed by atoms with Crippen molar-refractivity contribution in [2.75, 3.05) is 11.2 Å². The molecule has 8 nitrogen and oxygen atoms in total. The summed E-state index contributed by atoms with van der Waals surface area (Å²) in [7, 11) is 0. The molecule has 0 aliphatic heterocycles. The lowest BCUT2D eigenvalue weighted by Crippen LogP contribution is -2.14. The van der Waals surface area contributed by atoms with Crippen LogP contribution in [0.3, 0.4) is 0 Å². The van der Waals surface area contributed by atoms with Crippen molar-refractivity contribution in [3.8, 4) is 11.4 Å². The molecule has 0 aliphatic carbocycles. The zero-order valence-electron chi connectivity index (χ0n) is 12.8. The molecular formula is C14H16N8S. The predicted octanol–water partition coefficient (Wildman–Crippen LogP) is 1.67. The summed E-state index contributed by atoms with van der Waals surface area (Å²) in [6.45, 7) is 4.15. The lowest BCUT2D eigenvalue weighted by molar-refractivity contribution is 0.649. The van der Waals surface area contributed by atoms with Crippen LogP contribution in [-0.2, 0) is 6.67 Å². The Bertz CT molecular complexity index is 863. The van der Waals surface area contributed by atoms with Gasteiger partial charge < -0.3 is 11.2 Å². The van der Waals surface area contributed by atoms with Crippen molar-refractivity contribution in [3.05, 3.63) is 46.8 Å². The van der Waals surface area contributed by atoms with Crippen LogP contribution in [0.4, 0.5) is 5.95 Å². The minimum atomic E-state index is 0.319. The van der Waals surface area contributed by atoms with E-state index in [0.29, 0.717) is 23.2 Å². The number of nitrogens with zero attached hydrogens (tertiary/aromatic N) is 6. The highest BCUT2D eigenvalue weighted by molar-refractivity contribution is 7.71. The van der Waals surface area contributed by atoms with Crippen LogP contribution in [0.5, 0.6) is 0 Å². The molecule has 0 saturated heterocycles. The van der Waals surface area contributed by atoms with Gasteiger partial charge in [0, 0.05) is 29.3 Å². The van der Waals surface area contributed by atoms with Gasteiger partial charge in [-0.05, 0) is 44.3 Å². The number of nitrogens with one attached hydrogen (secondary N) is 1. The Morgan fingerprint density at radius 3 is 2.65 bits per heavy atom. The normalized spacial score (nSPS) is 10.7. The lowest BCUT2D eigenvalue weighted by atomic mass is 10.3. The van der Waals surface area contributed by atoms with E-state index in [0.717, 1.165) is 17.0 Å². The summed E-state index contributed by atoms with van der Waals surface area (Å²) in [5, 5.41) is 7.53. The fourth-order valence-corrected chi connectivity index (χ4v) is 2.36. The van der Waals surface area contributed by atoms with E-state index in [2.05, 4.69) is 25.4 Å². The van der Waals surface area contributed by atoms with Crippen molar-refractivity contribution in [3.63, 3.8) is 0 Å². The Balaban J connectivity index is 1.85. The first-order valence-corrected chi connectivity index (χ1v) is 7.37. The molecule has 118 valence electrons. The van der Waals surface area contributed by atoms with Crippen molar-refractivity contribution in [1.29, 1.82) is 0 Å². The lowest BCUT2D eigenvalue weighted by Gasteiger charge is -2.06. The van der Waals surface area contributed by atoms with E-state index in [-0.39, 0.29) is 0 Å². The van der Waals surface area contributed by atoms with Gasteiger partial charge in [-0.25, -0.2) is 19.3 Å². The molecule has 3 heterocycles. The number of nitrogens with two attached hydrogens (primary N) is 1. The van der Waals surface area contributed by atoms with Gasteiger partial charge in [-0.15, -0.1) is 5.10 Å². The monoisotopic (exact) mass is 328 g/mol. The first-order chi connectivity index (χ1) is 11.0. The summed E-state index contributed by atoms with van der Waals surface area (Å²) < 4.78 is 3.33. The van der Waals surface area contributed by atoms with E-state index in [1.807, 2.05) is 32.0 Å².